The van der Waals surface area contributed by atoms with E-state index in [2.05, 4.69) is 5.32 Å². The molecule has 0 aromatic heterocycles. The first-order valence-electron chi connectivity index (χ1n) is 9.08. The summed E-state index contributed by atoms with van der Waals surface area (Å²) in [6.45, 7) is 3.82. The van der Waals surface area contributed by atoms with Gasteiger partial charge in [-0.05, 0) is 31.5 Å². The molecule has 2 amide bonds. The molecular weight excluding hydrogens is 386 g/mol. The number of nitrogens with zero attached hydrogens (tertiary/aromatic N) is 1. The van der Waals surface area contributed by atoms with Crippen LogP contribution in [-0.4, -0.2) is 29.3 Å². The van der Waals surface area contributed by atoms with E-state index in [9.17, 15) is 18.4 Å². The van der Waals surface area contributed by atoms with Crippen molar-refractivity contribution in [2.45, 2.75) is 39.3 Å². The Hall–Kier alpha value is -2.47. The van der Waals surface area contributed by atoms with Gasteiger partial charge in [0, 0.05) is 29.2 Å². The third kappa shape index (κ3) is 5.52. The van der Waals surface area contributed by atoms with E-state index < -0.39 is 23.6 Å². The van der Waals surface area contributed by atoms with Crippen LogP contribution in [0.1, 0.15) is 31.4 Å². The highest BCUT2D eigenvalue weighted by molar-refractivity contribution is 6.31. The number of nitrogens with one attached hydrogen (secondary N) is 1. The Labute approximate surface area is 168 Å². The van der Waals surface area contributed by atoms with Crippen molar-refractivity contribution in [2.24, 2.45) is 0 Å². The topological polar surface area (TPSA) is 49.4 Å². The first-order valence-corrected chi connectivity index (χ1v) is 9.46. The summed E-state index contributed by atoms with van der Waals surface area (Å²) in [5.74, 6) is -1.96. The Kier molecular flexibility index (Phi) is 7.93. The summed E-state index contributed by atoms with van der Waals surface area (Å²) in [7, 11) is 0. The summed E-state index contributed by atoms with van der Waals surface area (Å²) in [6.07, 6.45) is 0.413. The van der Waals surface area contributed by atoms with Crippen LogP contribution in [0, 0.1) is 11.6 Å². The van der Waals surface area contributed by atoms with E-state index in [1.165, 1.54) is 29.2 Å². The van der Waals surface area contributed by atoms with Gasteiger partial charge in [-0.25, -0.2) is 8.78 Å². The quantitative estimate of drug-likeness (QED) is 0.714. The van der Waals surface area contributed by atoms with Gasteiger partial charge in [0.05, 0.1) is 6.42 Å². The molecule has 7 heteroatoms. The molecule has 0 aliphatic carbocycles. The van der Waals surface area contributed by atoms with E-state index in [4.69, 9.17) is 11.6 Å². The first-order chi connectivity index (χ1) is 13.3. The van der Waals surface area contributed by atoms with Gasteiger partial charge in [-0.2, -0.15) is 0 Å². The first kappa shape index (κ1) is 21.8. The Morgan fingerprint density at radius 2 is 1.79 bits per heavy atom. The highest BCUT2D eigenvalue weighted by Gasteiger charge is 2.27. The average molecular weight is 409 g/mol. The molecule has 2 aromatic rings. The fraction of sp³-hybridized carbons (Fsp3) is 0.333. The standard InChI is InChI=1S/C21H23ClF2N2O2/c1-3-11-25-21(28)14(2)26(13-15-7-4-5-9-18(15)23)20(27)12-16-17(22)8-6-10-19(16)24/h4-10,14H,3,11-13H2,1-2H3,(H,25,28)/t14-/m0/s1. The van der Waals surface area contributed by atoms with Crippen molar-refractivity contribution in [1.82, 2.24) is 10.2 Å². The molecule has 2 aromatic carbocycles. The summed E-state index contributed by atoms with van der Waals surface area (Å²) in [5.41, 5.74) is 0.319. The second-order valence-electron chi connectivity index (χ2n) is 6.46. The minimum Gasteiger partial charge on any atom is -0.354 e. The molecule has 28 heavy (non-hydrogen) atoms. The van der Waals surface area contributed by atoms with E-state index in [0.29, 0.717) is 6.54 Å². The number of hydrogen-bond donors (Lipinski definition) is 1. The maximum Gasteiger partial charge on any atom is 0.242 e. The van der Waals surface area contributed by atoms with Gasteiger partial charge in [0.15, 0.2) is 0 Å². The fourth-order valence-electron chi connectivity index (χ4n) is 2.74. The number of amides is 2. The zero-order valence-electron chi connectivity index (χ0n) is 15.8. The molecule has 0 unspecified atom stereocenters. The second-order valence-corrected chi connectivity index (χ2v) is 6.86. The lowest BCUT2D eigenvalue weighted by molar-refractivity contribution is -0.140. The molecule has 0 saturated heterocycles. The van der Waals surface area contributed by atoms with Crippen molar-refractivity contribution in [3.63, 3.8) is 0 Å². The summed E-state index contributed by atoms with van der Waals surface area (Å²) in [6, 6.07) is 9.32. The number of halogens is 3. The van der Waals surface area contributed by atoms with Crippen molar-refractivity contribution in [1.29, 1.82) is 0 Å². The summed E-state index contributed by atoms with van der Waals surface area (Å²) in [4.78, 5) is 26.6. The van der Waals surface area contributed by atoms with E-state index in [0.717, 1.165) is 6.42 Å². The summed E-state index contributed by atoms with van der Waals surface area (Å²) < 4.78 is 28.2. The maximum absolute atomic E-state index is 14.1. The fourth-order valence-corrected chi connectivity index (χ4v) is 2.97. The van der Waals surface area contributed by atoms with Crippen LogP contribution in [-0.2, 0) is 22.6 Å². The van der Waals surface area contributed by atoms with Gasteiger partial charge >= 0.3 is 0 Å². The van der Waals surface area contributed by atoms with Gasteiger partial charge in [-0.15, -0.1) is 0 Å². The highest BCUT2D eigenvalue weighted by Crippen LogP contribution is 2.22. The third-order valence-corrected chi connectivity index (χ3v) is 4.76. The van der Waals surface area contributed by atoms with Crippen molar-refractivity contribution < 1.29 is 18.4 Å². The SMILES string of the molecule is CCCNC(=O)[C@H](C)N(Cc1ccccc1F)C(=O)Cc1c(F)cccc1Cl. The molecule has 0 spiro atoms. The number of hydrogen-bond acceptors (Lipinski definition) is 2. The Morgan fingerprint density at radius 1 is 1.11 bits per heavy atom. The van der Waals surface area contributed by atoms with Gasteiger partial charge in [0.25, 0.3) is 0 Å². The number of rotatable bonds is 8. The minimum absolute atomic E-state index is 0.0499. The van der Waals surface area contributed by atoms with Crippen LogP contribution in [0.2, 0.25) is 5.02 Å². The second kappa shape index (κ2) is 10.2. The van der Waals surface area contributed by atoms with Crippen LogP contribution < -0.4 is 5.32 Å². The molecule has 0 aliphatic heterocycles. The zero-order valence-corrected chi connectivity index (χ0v) is 16.6. The van der Waals surface area contributed by atoms with Gasteiger partial charge in [0.1, 0.15) is 17.7 Å². The number of carbonyl (C=O) groups is 2. The van der Waals surface area contributed by atoms with Gasteiger partial charge < -0.3 is 10.2 Å². The van der Waals surface area contributed by atoms with Crippen molar-refractivity contribution in [3.05, 3.63) is 70.2 Å². The van der Waals surface area contributed by atoms with Crippen LogP contribution in [0.4, 0.5) is 8.78 Å². The summed E-state index contributed by atoms with van der Waals surface area (Å²) >= 11 is 6.02. The molecule has 2 rings (SSSR count). The Bertz CT molecular complexity index is 825. The normalized spacial score (nSPS) is 11.8. The molecular formula is C21H23ClF2N2O2. The third-order valence-electron chi connectivity index (χ3n) is 4.40. The number of carbonyl (C=O) groups excluding carboxylic acids is 2. The molecule has 1 atom stereocenters. The molecule has 0 bridgehead atoms. The Morgan fingerprint density at radius 3 is 2.43 bits per heavy atom. The molecule has 150 valence electrons. The van der Waals surface area contributed by atoms with Crippen LogP contribution in [0.25, 0.3) is 0 Å². The van der Waals surface area contributed by atoms with Crippen LogP contribution in [0.15, 0.2) is 42.5 Å². The van der Waals surface area contributed by atoms with E-state index in [1.807, 2.05) is 6.92 Å². The zero-order chi connectivity index (χ0) is 20.7. The molecule has 1 N–H and O–H groups in total. The van der Waals surface area contributed by atoms with E-state index in [-0.39, 0.29) is 35.0 Å². The van der Waals surface area contributed by atoms with Crippen LogP contribution >= 0.6 is 11.6 Å². The lowest BCUT2D eigenvalue weighted by atomic mass is 10.1. The van der Waals surface area contributed by atoms with Gasteiger partial charge in [-0.3, -0.25) is 9.59 Å². The lowest BCUT2D eigenvalue weighted by Crippen LogP contribution is -2.48. The molecule has 0 aliphatic rings. The molecule has 0 heterocycles. The maximum atomic E-state index is 14.1. The molecule has 0 saturated carbocycles. The highest BCUT2D eigenvalue weighted by atomic mass is 35.5. The average Bonchev–Trinajstić information content (AvgIpc) is 2.67. The van der Waals surface area contributed by atoms with Crippen molar-refractivity contribution in [2.75, 3.05) is 6.54 Å². The van der Waals surface area contributed by atoms with Crippen LogP contribution in [0.5, 0.6) is 0 Å². The Balaban J connectivity index is 2.29. The van der Waals surface area contributed by atoms with Gasteiger partial charge in [-0.1, -0.05) is 42.8 Å². The largest absolute Gasteiger partial charge is 0.354 e. The van der Waals surface area contributed by atoms with Crippen LogP contribution in [0.3, 0.4) is 0 Å². The predicted molar refractivity (Wildman–Crippen MR) is 105 cm³/mol. The monoisotopic (exact) mass is 408 g/mol. The molecule has 4 nitrogen and oxygen atoms in total. The van der Waals surface area contributed by atoms with E-state index >= 15 is 0 Å². The lowest BCUT2D eigenvalue weighted by Gasteiger charge is -2.29. The minimum atomic E-state index is -0.857. The molecule has 0 fully saturated rings. The van der Waals surface area contributed by atoms with Crippen molar-refractivity contribution in [3.8, 4) is 0 Å². The van der Waals surface area contributed by atoms with Crippen molar-refractivity contribution >= 4 is 23.4 Å². The predicted octanol–water partition coefficient (Wildman–Crippen LogP) is 4.10. The molecule has 0 radical (unpaired) electrons. The smallest absolute Gasteiger partial charge is 0.242 e. The van der Waals surface area contributed by atoms with Gasteiger partial charge in [0.2, 0.25) is 11.8 Å². The summed E-state index contributed by atoms with van der Waals surface area (Å²) in [5, 5.41) is 2.85. The van der Waals surface area contributed by atoms with E-state index in [1.54, 1.807) is 25.1 Å². The number of benzene rings is 2.